The number of benzene rings is 2. The number of oxime groups is 1. The van der Waals surface area contributed by atoms with Crippen LogP contribution in [0.3, 0.4) is 0 Å². The van der Waals surface area contributed by atoms with Crippen molar-refractivity contribution in [3.63, 3.8) is 0 Å². The summed E-state index contributed by atoms with van der Waals surface area (Å²) in [7, 11) is -0.325. The van der Waals surface area contributed by atoms with Gasteiger partial charge in [-0.2, -0.15) is 0 Å². The van der Waals surface area contributed by atoms with Gasteiger partial charge in [0.25, 0.3) is 0 Å². The van der Waals surface area contributed by atoms with E-state index < -0.39 is 20.1 Å². The first-order valence-electron chi connectivity index (χ1n) is 9.54. The number of rotatable bonds is 7. The molecule has 0 saturated heterocycles. The topological polar surface area (TPSA) is 74.2 Å². The Hall–Kier alpha value is -2.93. The van der Waals surface area contributed by atoms with Crippen molar-refractivity contribution < 1.29 is 23.9 Å². The highest BCUT2D eigenvalue weighted by molar-refractivity contribution is 6.89. The number of hydrogen-bond acceptors (Lipinski definition) is 6. The molecule has 0 fully saturated rings. The Morgan fingerprint density at radius 1 is 1.10 bits per heavy atom. The summed E-state index contributed by atoms with van der Waals surface area (Å²) in [4.78, 5) is 29.0. The minimum atomic E-state index is -1.64. The van der Waals surface area contributed by atoms with Crippen LogP contribution in [0.2, 0.25) is 19.1 Å². The average Bonchev–Trinajstić information content (AvgIpc) is 3.24. The highest BCUT2D eigenvalue weighted by atomic mass is 28.3. The van der Waals surface area contributed by atoms with Crippen LogP contribution >= 0.6 is 0 Å². The molecule has 2 aromatic carbocycles. The van der Waals surface area contributed by atoms with E-state index in [0.717, 1.165) is 11.6 Å². The molecule has 0 aromatic heterocycles. The van der Waals surface area contributed by atoms with E-state index in [4.69, 9.17) is 9.57 Å². The van der Waals surface area contributed by atoms with Crippen molar-refractivity contribution in [1.82, 2.24) is 0 Å². The second-order valence-electron chi connectivity index (χ2n) is 7.57. The van der Waals surface area contributed by atoms with Gasteiger partial charge in [-0.05, 0) is 23.7 Å². The Labute approximate surface area is 171 Å². The normalized spacial score (nSPS) is 16.0. The smallest absolute Gasteiger partial charge is 0.350 e. The second-order valence-corrected chi connectivity index (χ2v) is 12.4. The molecule has 1 atom stereocenters. The fourth-order valence-corrected chi connectivity index (χ4v) is 5.12. The van der Waals surface area contributed by atoms with E-state index in [2.05, 4.69) is 35.1 Å². The van der Waals surface area contributed by atoms with Gasteiger partial charge in [0.2, 0.25) is 6.10 Å². The fraction of sp³-hybridized carbons (Fsp3) is 0.318. The Morgan fingerprint density at radius 2 is 1.79 bits per heavy atom. The lowest BCUT2D eigenvalue weighted by atomic mass is 10.0. The van der Waals surface area contributed by atoms with Crippen molar-refractivity contribution in [2.24, 2.45) is 5.16 Å². The van der Waals surface area contributed by atoms with Crippen LogP contribution in [0.15, 0.2) is 59.8 Å². The van der Waals surface area contributed by atoms with E-state index in [0.29, 0.717) is 24.3 Å². The third kappa shape index (κ3) is 5.11. The van der Waals surface area contributed by atoms with Gasteiger partial charge in [-0.25, -0.2) is 9.59 Å². The summed E-state index contributed by atoms with van der Waals surface area (Å²) < 4.78 is 10.2. The predicted molar refractivity (Wildman–Crippen MR) is 113 cm³/mol. The zero-order chi connectivity index (χ0) is 20.9. The molecule has 1 aliphatic heterocycles. The van der Waals surface area contributed by atoms with Crippen molar-refractivity contribution in [3.05, 3.63) is 65.7 Å². The Kier molecular flexibility index (Phi) is 6.48. The standard InChI is InChI=1S/C22H25NO5Si/c1-26-22(25)20-15-19(23-28-20)16-9-11-17(12-10-16)21(24)27-13-14-29(2,3)18-7-5-4-6-8-18/h4-12,20H,13-15H2,1-3H3. The number of ether oxygens (including phenoxy) is 2. The van der Waals surface area contributed by atoms with E-state index >= 15 is 0 Å². The lowest BCUT2D eigenvalue weighted by Gasteiger charge is -2.22. The molecule has 0 amide bonds. The zero-order valence-corrected chi connectivity index (χ0v) is 17.9. The maximum Gasteiger partial charge on any atom is 0.350 e. The highest BCUT2D eigenvalue weighted by Crippen LogP contribution is 2.18. The Bertz CT molecular complexity index is 893. The first kappa shape index (κ1) is 20.8. The molecule has 0 spiro atoms. The van der Waals surface area contributed by atoms with Crippen molar-refractivity contribution in [1.29, 1.82) is 0 Å². The van der Waals surface area contributed by atoms with Crippen LogP contribution in [0, 0.1) is 0 Å². The second kappa shape index (κ2) is 9.04. The molecule has 152 valence electrons. The van der Waals surface area contributed by atoms with Crippen LogP contribution in [0.5, 0.6) is 0 Å². The van der Waals surface area contributed by atoms with E-state index in [9.17, 15) is 9.59 Å². The molecule has 7 heteroatoms. The first-order chi connectivity index (χ1) is 13.9. The van der Waals surface area contributed by atoms with E-state index in [1.165, 1.54) is 12.3 Å². The third-order valence-electron chi connectivity index (χ3n) is 5.10. The monoisotopic (exact) mass is 411 g/mol. The molecule has 0 aliphatic carbocycles. The summed E-state index contributed by atoms with van der Waals surface area (Å²) in [5.74, 6) is -0.794. The molecule has 0 radical (unpaired) electrons. The van der Waals surface area contributed by atoms with Crippen LogP contribution in [0.1, 0.15) is 22.3 Å². The summed E-state index contributed by atoms with van der Waals surface area (Å²) in [6, 6.07) is 18.2. The third-order valence-corrected chi connectivity index (χ3v) is 8.45. The molecule has 1 heterocycles. The summed E-state index contributed by atoms with van der Waals surface area (Å²) >= 11 is 0. The number of hydrogen-bond donors (Lipinski definition) is 0. The Morgan fingerprint density at radius 3 is 2.45 bits per heavy atom. The molecular weight excluding hydrogens is 386 g/mol. The minimum Gasteiger partial charge on any atom is -0.466 e. The lowest BCUT2D eigenvalue weighted by Crippen LogP contribution is -2.42. The number of carbonyl (C=O) groups excluding carboxylic acids is 2. The van der Waals surface area contributed by atoms with Crippen molar-refractivity contribution in [3.8, 4) is 0 Å². The van der Waals surface area contributed by atoms with Crippen molar-refractivity contribution >= 4 is 30.9 Å². The van der Waals surface area contributed by atoms with Gasteiger partial charge in [0.05, 0.1) is 33.1 Å². The quantitative estimate of drug-likeness (QED) is 0.517. The summed E-state index contributed by atoms with van der Waals surface area (Å²) in [5, 5.41) is 5.29. The molecule has 6 nitrogen and oxygen atoms in total. The average molecular weight is 412 g/mol. The SMILES string of the molecule is COC(=O)C1CC(c2ccc(C(=O)OCC[Si](C)(C)c3ccccc3)cc2)=NO1. The number of methoxy groups -OCH3 is 1. The van der Waals surface area contributed by atoms with Crippen molar-refractivity contribution in [2.45, 2.75) is 31.7 Å². The maximum atomic E-state index is 12.4. The van der Waals surface area contributed by atoms with Crippen LogP contribution in [0.4, 0.5) is 0 Å². The molecule has 0 N–H and O–H groups in total. The van der Waals surface area contributed by atoms with E-state index in [-0.39, 0.29) is 5.97 Å². The number of carbonyl (C=O) groups is 2. The van der Waals surface area contributed by atoms with Crippen LogP contribution in [-0.4, -0.2) is 45.5 Å². The van der Waals surface area contributed by atoms with Gasteiger partial charge in [-0.3, -0.25) is 0 Å². The van der Waals surface area contributed by atoms with Crippen molar-refractivity contribution in [2.75, 3.05) is 13.7 Å². The molecule has 1 unspecified atom stereocenters. The van der Waals surface area contributed by atoms with Gasteiger partial charge < -0.3 is 14.3 Å². The molecular formula is C22H25NO5Si. The molecule has 0 saturated carbocycles. The summed E-state index contributed by atoms with van der Waals surface area (Å²) in [5.41, 5.74) is 1.93. The highest BCUT2D eigenvalue weighted by Gasteiger charge is 2.29. The predicted octanol–water partition coefficient (Wildman–Crippen LogP) is 3.13. The Balaban J connectivity index is 1.53. The van der Waals surface area contributed by atoms with Gasteiger partial charge in [-0.15, -0.1) is 0 Å². The largest absolute Gasteiger partial charge is 0.466 e. The van der Waals surface area contributed by atoms with Gasteiger partial charge in [0.15, 0.2) is 0 Å². The van der Waals surface area contributed by atoms with Crippen LogP contribution in [0.25, 0.3) is 0 Å². The zero-order valence-electron chi connectivity index (χ0n) is 16.9. The van der Waals surface area contributed by atoms with Gasteiger partial charge in [-0.1, -0.05) is 65.9 Å². The van der Waals surface area contributed by atoms with Gasteiger partial charge in [0.1, 0.15) is 0 Å². The minimum absolute atomic E-state index is 0.341. The number of esters is 2. The fourth-order valence-electron chi connectivity index (χ4n) is 3.12. The molecule has 0 bridgehead atoms. The molecule has 29 heavy (non-hydrogen) atoms. The van der Waals surface area contributed by atoms with Gasteiger partial charge >= 0.3 is 11.9 Å². The van der Waals surface area contributed by atoms with Crippen LogP contribution < -0.4 is 5.19 Å². The van der Waals surface area contributed by atoms with E-state index in [1.54, 1.807) is 24.3 Å². The van der Waals surface area contributed by atoms with E-state index in [1.807, 2.05) is 18.2 Å². The molecule has 3 rings (SSSR count). The summed E-state index contributed by atoms with van der Waals surface area (Å²) in [6.07, 6.45) is -0.368. The number of nitrogens with zero attached hydrogens (tertiary/aromatic N) is 1. The lowest BCUT2D eigenvalue weighted by molar-refractivity contribution is -0.152. The maximum absolute atomic E-state index is 12.4. The van der Waals surface area contributed by atoms with Crippen LogP contribution in [-0.2, 0) is 19.1 Å². The summed E-state index contributed by atoms with van der Waals surface area (Å²) in [6.45, 7) is 4.95. The van der Waals surface area contributed by atoms with Gasteiger partial charge in [0, 0.05) is 6.42 Å². The molecule has 1 aliphatic rings. The molecule has 2 aromatic rings. The first-order valence-corrected chi connectivity index (χ1v) is 12.7.